The van der Waals surface area contributed by atoms with Gasteiger partial charge in [0.25, 0.3) is 0 Å². The van der Waals surface area contributed by atoms with Crippen molar-refractivity contribution in [2.45, 2.75) is 32.6 Å². The molecular weight excluding hydrogens is 132 g/mol. The van der Waals surface area contributed by atoms with Gasteiger partial charge in [0.05, 0.1) is 0 Å². The minimum absolute atomic E-state index is 0.883. The molecule has 0 bridgehead atoms. The number of rotatable bonds is 1. The van der Waals surface area contributed by atoms with Gasteiger partial charge in [-0.05, 0) is 44.4 Å². The summed E-state index contributed by atoms with van der Waals surface area (Å²) < 4.78 is 0. The van der Waals surface area contributed by atoms with Crippen molar-refractivity contribution in [2.75, 3.05) is 0 Å². The maximum atomic E-state index is 2.42. The van der Waals surface area contributed by atoms with Gasteiger partial charge in [0.2, 0.25) is 0 Å². The largest absolute Gasteiger partial charge is 0.0882 e. The first-order chi connectivity index (χ1) is 5.38. The Morgan fingerprint density at radius 2 is 2.18 bits per heavy atom. The van der Waals surface area contributed by atoms with Crippen LogP contribution in [-0.4, -0.2) is 0 Å². The summed E-state index contributed by atoms with van der Waals surface area (Å²) in [6.45, 7) is 2.30. The average Bonchev–Trinajstić information content (AvgIpc) is 2.55. The van der Waals surface area contributed by atoms with Crippen LogP contribution in [-0.2, 0) is 0 Å². The smallest absolute Gasteiger partial charge is 0.0140 e. The van der Waals surface area contributed by atoms with E-state index >= 15 is 0 Å². The van der Waals surface area contributed by atoms with Gasteiger partial charge in [0.15, 0.2) is 0 Å². The number of hydrogen-bond acceptors (Lipinski definition) is 0. The third-order valence-electron chi connectivity index (χ3n) is 3.10. The normalized spacial score (nSPS) is 36.3. The molecule has 0 fully saturated rings. The first-order valence-corrected chi connectivity index (χ1v) is 4.71. The average molecular weight is 148 g/mol. The highest BCUT2D eigenvalue weighted by molar-refractivity contribution is 5.15. The van der Waals surface area contributed by atoms with E-state index in [1.165, 1.54) is 25.7 Å². The van der Waals surface area contributed by atoms with Crippen molar-refractivity contribution in [3.63, 3.8) is 0 Å². The lowest BCUT2D eigenvalue weighted by atomic mass is 9.87. The molecule has 0 nitrogen and oxygen atoms in total. The standard InChI is InChI=1S/C11H16/c1-9-5-4-8-11(9)10-6-2-3-7-10/h2,5-6,10-11H,3-4,7-8H2,1H3/t10-,11+/m1/s1. The molecule has 0 unspecified atom stereocenters. The second kappa shape index (κ2) is 2.84. The van der Waals surface area contributed by atoms with E-state index in [0.717, 1.165) is 11.8 Å². The monoisotopic (exact) mass is 148 g/mol. The Bertz CT molecular complexity index is 198. The fourth-order valence-corrected chi connectivity index (χ4v) is 2.41. The number of allylic oxidation sites excluding steroid dienone is 4. The van der Waals surface area contributed by atoms with Crippen molar-refractivity contribution >= 4 is 0 Å². The first kappa shape index (κ1) is 7.15. The molecule has 0 radical (unpaired) electrons. The highest BCUT2D eigenvalue weighted by Gasteiger charge is 2.24. The van der Waals surface area contributed by atoms with Crippen molar-refractivity contribution < 1.29 is 0 Å². The fraction of sp³-hybridized carbons (Fsp3) is 0.636. The van der Waals surface area contributed by atoms with E-state index in [4.69, 9.17) is 0 Å². The first-order valence-electron chi connectivity index (χ1n) is 4.71. The molecule has 0 spiro atoms. The minimum Gasteiger partial charge on any atom is -0.0882 e. The van der Waals surface area contributed by atoms with Gasteiger partial charge in [0, 0.05) is 0 Å². The van der Waals surface area contributed by atoms with Crippen molar-refractivity contribution in [3.8, 4) is 0 Å². The van der Waals surface area contributed by atoms with E-state index in [2.05, 4.69) is 25.2 Å². The van der Waals surface area contributed by atoms with E-state index in [-0.39, 0.29) is 0 Å². The zero-order valence-electron chi connectivity index (χ0n) is 7.22. The van der Waals surface area contributed by atoms with Crippen LogP contribution in [0.5, 0.6) is 0 Å². The molecular formula is C11H16. The van der Waals surface area contributed by atoms with Crippen LogP contribution in [0.15, 0.2) is 23.8 Å². The summed E-state index contributed by atoms with van der Waals surface area (Å²) in [6, 6.07) is 0. The maximum absolute atomic E-state index is 2.42. The highest BCUT2D eigenvalue weighted by Crippen LogP contribution is 2.37. The third kappa shape index (κ3) is 1.26. The SMILES string of the molecule is CC1=CCC[C@@H]1[C@@H]1C=CCC1. The topological polar surface area (TPSA) is 0 Å². The summed E-state index contributed by atoms with van der Waals surface area (Å²) in [5, 5.41) is 0. The molecule has 0 saturated carbocycles. The fourth-order valence-electron chi connectivity index (χ4n) is 2.41. The lowest BCUT2D eigenvalue weighted by Gasteiger charge is -2.17. The van der Waals surface area contributed by atoms with Gasteiger partial charge in [-0.25, -0.2) is 0 Å². The quantitative estimate of drug-likeness (QED) is 0.500. The van der Waals surface area contributed by atoms with Crippen LogP contribution in [0.3, 0.4) is 0 Å². The van der Waals surface area contributed by atoms with E-state index in [9.17, 15) is 0 Å². The van der Waals surface area contributed by atoms with Crippen LogP contribution in [0.1, 0.15) is 32.6 Å². The molecule has 0 aliphatic heterocycles. The summed E-state index contributed by atoms with van der Waals surface area (Å²) >= 11 is 0. The molecule has 2 aliphatic carbocycles. The summed E-state index contributed by atoms with van der Waals surface area (Å²) in [4.78, 5) is 0. The van der Waals surface area contributed by atoms with Crippen LogP contribution < -0.4 is 0 Å². The summed E-state index contributed by atoms with van der Waals surface area (Å²) in [5.74, 6) is 1.78. The van der Waals surface area contributed by atoms with Gasteiger partial charge >= 0.3 is 0 Å². The van der Waals surface area contributed by atoms with Crippen LogP contribution >= 0.6 is 0 Å². The Hall–Kier alpha value is -0.520. The van der Waals surface area contributed by atoms with Gasteiger partial charge in [-0.15, -0.1) is 0 Å². The Kier molecular flexibility index (Phi) is 1.85. The predicted molar refractivity (Wildman–Crippen MR) is 48.3 cm³/mol. The second-order valence-corrected chi connectivity index (χ2v) is 3.80. The van der Waals surface area contributed by atoms with Gasteiger partial charge in [-0.3, -0.25) is 0 Å². The van der Waals surface area contributed by atoms with Crippen molar-refractivity contribution in [2.24, 2.45) is 11.8 Å². The zero-order chi connectivity index (χ0) is 7.68. The molecule has 0 aromatic heterocycles. The molecule has 0 heterocycles. The van der Waals surface area contributed by atoms with Gasteiger partial charge in [0.1, 0.15) is 0 Å². The lowest BCUT2D eigenvalue weighted by Crippen LogP contribution is -2.08. The van der Waals surface area contributed by atoms with Crippen molar-refractivity contribution in [1.29, 1.82) is 0 Å². The molecule has 0 N–H and O–H groups in total. The summed E-state index contributed by atoms with van der Waals surface area (Å²) in [7, 11) is 0. The van der Waals surface area contributed by atoms with E-state index in [1.807, 2.05) is 0 Å². The van der Waals surface area contributed by atoms with E-state index < -0.39 is 0 Å². The van der Waals surface area contributed by atoms with Crippen molar-refractivity contribution in [1.82, 2.24) is 0 Å². The Morgan fingerprint density at radius 1 is 1.27 bits per heavy atom. The van der Waals surface area contributed by atoms with Gasteiger partial charge in [-0.1, -0.05) is 23.8 Å². The van der Waals surface area contributed by atoms with Crippen LogP contribution in [0, 0.1) is 11.8 Å². The Morgan fingerprint density at radius 3 is 2.73 bits per heavy atom. The highest BCUT2D eigenvalue weighted by atomic mass is 14.3. The predicted octanol–water partition coefficient (Wildman–Crippen LogP) is 3.31. The van der Waals surface area contributed by atoms with Crippen LogP contribution in [0.25, 0.3) is 0 Å². The van der Waals surface area contributed by atoms with E-state index in [1.54, 1.807) is 5.57 Å². The molecule has 0 aromatic carbocycles. The molecule has 0 saturated heterocycles. The molecule has 60 valence electrons. The molecule has 2 rings (SSSR count). The molecule has 11 heavy (non-hydrogen) atoms. The molecule has 0 heteroatoms. The van der Waals surface area contributed by atoms with E-state index in [0.29, 0.717) is 0 Å². The minimum atomic E-state index is 0.883. The van der Waals surface area contributed by atoms with Crippen LogP contribution in [0.2, 0.25) is 0 Å². The molecule has 2 atom stereocenters. The maximum Gasteiger partial charge on any atom is -0.0140 e. The third-order valence-corrected chi connectivity index (χ3v) is 3.10. The molecule has 0 aromatic rings. The number of hydrogen-bond donors (Lipinski definition) is 0. The summed E-state index contributed by atoms with van der Waals surface area (Å²) in [5.41, 5.74) is 1.64. The van der Waals surface area contributed by atoms with Gasteiger partial charge < -0.3 is 0 Å². The lowest BCUT2D eigenvalue weighted by molar-refractivity contribution is 0.442. The van der Waals surface area contributed by atoms with Crippen LogP contribution in [0.4, 0.5) is 0 Å². The molecule has 0 amide bonds. The Balaban J connectivity index is 2.04. The van der Waals surface area contributed by atoms with Crippen molar-refractivity contribution in [3.05, 3.63) is 23.8 Å². The Labute approximate surface area is 69.0 Å². The molecule has 2 aliphatic rings. The second-order valence-electron chi connectivity index (χ2n) is 3.80. The zero-order valence-corrected chi connectivity index (χ0v) is 7.22. The van der Waals surface area contributed by atoms with Gasteiger partial charge in [-0.2, -0.15) is 0 Å². The summed E-state index contributed by atoms with van der Waals surface area (Å²) in [6.07, 6.45) is 12.6.